The van der Waals surface area contributed by atoms with Gasteiger partial charge in [0.05, 0.1) is 22.4 Å². The van der Waals surface area contributed by atoms with Crippen LogP contribution in [0.4, 0.5) is 17.1 Å². The molecule has 0 unspecified atom stereocenters. The molecule has 10 rings (SSSR count). The standard InChI is InChI=1S/C51H37NO/c1-51(2)43-24-12-9-21-40(43)41-23-15-26-46(49(41)51)52(44-25-13-10-20-38(44)37-30-28-35(29-31-37)34-16-5-3-6-17-34)45-33-32-39(36-18-7-4-8-19-36)50-48(45)42-22-11-14-27-47(42)53-50/h3-33H,1-2H3. The van der Waals surface area contributed by atoms with Crippen LogP contribution in [0.5, 0.6) is 0 Å². The highest BCUT2D eigenvalue weighted by atomic mass is 16.3. The molecule has 9 aromatic rings. The maximum Gasteiger partial charge on any atom is 0.145 e. The first-order valence-electron chi connectivity index (χ1n) is 18.4. The Bertz CT molecular complexity index is 2790. The van der Waals surface area contributed by atoms with Gasteiger partial charge >= 0.3 is 0 Å². The number of furan rings is 1. The van der Waals surface area contributed by atoms with Crippen LogP contribution in [0.15, 0.2) is 192 Å². The maximum absolute atomic E-state index is 6.83. The molecule has 0 amide bonds. The number of nitrogens with zero attached hydrogens (tertiary/aromatic N) is 1. The van der Waals surface area contributed by atoms with Gasteiger partial charge in [-0.15, -0.1) is 0 Å². The molecule has 2 nitrogen and oxygen atoms in total. The molecule has 0 fully saturated rings. The normalized spacial score (nSPS) is 12.9. The van der Waals surface area contributed by atoms with E-state index >= 15 is 0 Å². The minimum Gasteiger partial charge on any atom is -0.455 e. The summed E-state index contributed by atoms with van der Waals surface area (Å²) in [5, 5.41) is 2.20. The van der Waals surface area contributed by atoms with E-state index in [9.17, 15) is 0 Å². The third-order valence-corrected chi connectivity index (χ3v) is 11.1. The van der Waals surface area contributed by atoms with Crippen LogP contribution in [0, 0.1) is 0 Å². The van der Waals surface area contributed by atoms with Crippen molar-refractivity contribution >= 4 is 39.0 Å². The van der Waals surface area contributed by atoms with Gasteiger partial charge < -0.3 is 9.32 Å². The van der Waals surface area contributed by atoms with Gasteiger partial charge in [-0.25, -0.2) is 0 Å². The van der Waals surface area contributed by atoms with E-state index in [1.807, 2.05) is 0 Å². The lowest BCUT2D eigenvalue weighted by molar-refractivity contribution is 0.661. The predicted octanol–water partition coefficient (Wildman–Crippen LogP) is 14.4. The van der Waals surface area contributed by atoms with Gasteiger partial charge in [-0.3, -0.25) is 0 Å². The Morgan fingerprint density at radius 1 is 0.396 bits per heavy atom. The Kier molecular flexibility index (Phi) is 7.19. The van der Waals surface area contributed by atoms with Crippen molar-refractivity contribution < 1.29 is 4.42 Å². The second-order valence-electron chi connectivity index (χ2n) is 14.5. The maximum atomic E-state index is 6.83. The van der Waals surface area contributed by atoms with Crippen molar-refractivity contribution in [1.29, 1.82) is 0 Å². The van der Waals surface area contributed by atoms with Gasteiger partial charge in [0.1, 0.15) is 11.2 Å². The summed E-state index contributed by atoms with van der Waals surface area (Å²) in [4.78, 5) is 2.51. The van der Waals surface area contributed by atoms with Gasteiger partial charge in [0.2, 0.25) is 0 Å². The molecular weight excluding hydrogens is 643 g/mol. The zero-order chi connectivity index (χ0) is 35.5. The van der Waals surface area contributed by atoms with Crippen LogP contribution in [0.3, 0.4) is 0 Å². The molecule has 1 heterocycles. The molecule has 2 heteroatoms. The number of anilines is 3. The van der Waals surface area contributed by atoms with E-state index in [4.69, 9.17) is 4.42 Å². The molecule has 0 radical (unpaired) electrons. The molecule has 0 atom stereocenters. The highest BCUT2D eigenvalue weighted by Crippen LogP contribution is 2.56. The van der Waals surface area contributed by atoms with Crippen molar-refractivity contribution in [2.45, 2.75) is 19.3 Å². The smallest absolute Gasteiger partial charge is 0.145 e. The first-order valence-corrected chi connectivity index (χ1v) is 18.4. The second kappa shape index (κ2) is 12.3. The molecule has 0 saturated heterocycles. The van der Waals surface area contributed by atoms with Gasteiger partial charge in [-0.2, -0.15) is 0 Å². The summed E-state index contributed by atoms with van der Waals surface area (Å²) in [6.45, 7) is 4.74. The van der Waals surface area contributed by atoms with Gasteiger partial charge in [0, 0.05) is 21.9 Å². The minimum absolute atomic E-state index is 0.228. The van der Waals surface area contributed by atoms with E-state index in [2.05, 4.69) is 207 Å². The topological polar surface area (TPSA) is 16.4 Å². The van der Waals surface area contributed by atoms with E-state index in [1.165, 1.54) is 33.4 Å². The Balaban J connectivity index is 1.27. The van der Waals surface area contributed by atoms with Gasteiger partial charge in [-0.1, -0.05) is 172 Å². The summed E-state index contributed by atoms with van der Waals surface area (Å²) in [7, 11) is 0. The van der Waals surface area contributed by atoms with Crippen LogP contribution >= 0.6 is 0 Å². The van der Waals surface area contributed by atoms with E-state index in [0.29, 0.717) is 0 Å². The zero-order valence-electron chi connectivity index (χ0n) is 29.8. The fraction of sp³-hybridized carbons (Fsp3) is 0.0588. The summed E-state index contributed by atoms with van der Waals surface area (Å²) >= 11 is 0. The second-order valence-corrected chi connectivity index (χ2v) is 14.5. The van der Waals surface area contributed by atoms with E-state index in [-0.39, 0.29) is 5.41 Å². The lowest BCUT2D eigenvalue weighted by atomic mass is 9.81. The largest absolute Gasteiger partial charge is 0.455 e. The molecular formula is C51H37NO. The number of para-hydroxylation sites is 2. The Hall–Kier alpha value is -6.64. The molecule has 0 bridgehead atoms. The number of hydrogen-bond acceptors (Lipinski definition) is 2. The van der Waals surface area contributed by atoms with Crippen LogP contribution in [0.2, 0.25) is 0 Å². The molecule has 0 aliphatic heterocycles. The highest BCUT2D eigenvalue weighted by molar-refractivity contribution is 6.17. The molecule has 53 heavy (non-hydrogen) atoms. The molecule has 0 saturated carbocycles. The number of hydrogen-bond donors (Lipinski definition) is 0. The van der Waals surface area contributed by atoms with Gasteiger partial charge in [0.25, 0.3) is 0 Å². The van der Waals surface area contributed by atoms with E-state index < -0.39 is 0 Å². The number of benzene rings is 8. The average Bonchev–Trinajstić information content (AvgIpc) is 3.72. The van der Waals surface area contributed by atoms with Gasteiger partial charge in [0.15, 0.2) is 0 Å². The van der Waals surface area contributed by atoms with Crippen LogP contribution in [-0.4, -0.2) is 0 Å². The molecule has 1 aromatic heterocycles. The third kappa shape index (κ3) is 4.94. The average molecular weight is 680 g/mol. The van der Waals surface area contributed by atoms with Crippen molar-refractivity contribution in [3.8, 4) is 44.5 Å². The molecule has 252 valence electrons. The summed E-state index contributed by atoms with van der Waals surface area (Å²) in [6, 6.07) is 67.7. The molecule has 1 aliphatic rings. The predicted molar refractivity (Wildman–Crippen MR) is 222 cm³/mol. The van der Waals surface area contributed by atoms with E-state index in [0.717, 1.165) is 61.3 Å². The quantitative estimate of drug-likeness (QED) is 0.174. The van der Waals surface area contributed by atoms with Crippen molar-refractivity contribution in [2.24, 2.45) is 0 Å². The minimum atomic E-state index is -0.228. The summed E-state index contributed by atoms with van der Waals surface area (Å²) in [6.07, 6.45) is 0. The van der Waals surface area contributed by atoms with Crippen LogP contribution in [0.1, 0.15) is 25.0 Å². The van der Waals surface area contributed by atoms with Crippen molar-refractivity contribution in [3.63, 3.8) is 0 Å². The number of fused-ring (bicyclic) bond motifs is 6. The van der Waals surface area contributed by atoms with Crippen LogP contribution < -0.4 is 4.90 Å². The molecule has 0 N–H and O–H groups in total. The number of rotatable bonds is 6. The molecule has 8 aromatic carbocycles. The first-order chi connectivity index (χ1) is 26.1. The van der Waals surface area contributed by atoms with Crippen LogP contribution in [-0.2, 0) is 5.41 Å². The van der Waals surface area contributed by atoms with Crippen LogP contribution in [0.25, 0.3) is 66.4 Å². The molecule has 0 spiro atoms. The van der Waals surface area contributed by atoms with Gasteiger partial charge in [-0.05, 0) is 74.8 Å². The zero-order valence-corrected chi connectivity index (χ0v) is 29.8. The summed E-state index contributed by atoms with van der Waals surface area (Å²) in [5.74, 6) is 0. The summed E-state index contributed by atoms with van der Waals surface area (Å²) in [5.41, 5.74) is 17.1. The Labute approximate surface area is 310 Å². The fourth-order valence-electron chi connectivity index (χ4n) is 8.62. The lowest BCUT2D eigenvalue weighted by Crippen LogP contribution is -2.21. The van der Waals surface area contributed by atoms with Crippen molar-refractivity contribution in [1.82, 2.24) is 0 Å². The lowest BCUT2D eigenvalue weighted by Gasteiger charge is -2.34. The SMILES string of the molecule is CC1(C)c2ccccc2-c2cccc(N(c3ccccc3-c3ccc(-c4ccccc4)cc3)c3ccc(-c4ccccc4)c4oc5ccccc5c34)c21. The monoisotopic (exact) mass is 679 g/mol. The fourth-order valence-corrected chi connectivity index (χ4v) is 8.62. The van der Waals surface area contributed by atoms with Crippen molar-refractivity contribution in [2.75, 3.05) is 4.90 Å². The van der Waals surface area contributed by atoms with E-state index in [1.54, 1.807) is 0 Å². The Morgan fingerprint density at radius 2 is 0.962 bits per heavy atom. The highest BCUT2D eigenvalue weighted by Gasteiger charge is 2.39. The third-order valence-electron chi connectivity index (χ3n) is 11.1. The molecule has 1 aliphatic carbocycles. The summed E-state index contributed by atoms with van der Waals surface area (Å²) < 4.78 is 6.83. The van der Waals surface area contributed by atoms with Crippen molar-refractivity contribution in [3.05, 3.63) is 199 Å². The first kappa shape index (κ1) is 31.1. The Morgan fingerprint density at radius 3 is 1.75 bits per heavy atom.